The molecule has 0 aliphatic carbocycles. The summed E-state index contributed by atoms with van der Waals surface area (Å²) in [5.74, 6) is -0.836. The minimum absolute atomic E-state index is 0.117. The van der Waals surface area contributed by atoms with Crippen LogP contribution in [0.3, 0.4) is 0 Å². The van der Waals surface area contributed by atoms with Gasteiger partial charge in [-0.1, -0.05) is 26.8 Å². The van der Waals surface area contributed by atoms with Gasteiger partial charge in [0.2, 0.25) is 23.5 Å². The highest BCUT2D eigenvalue weighted by Gasteiger charge is 2.22. The fourth-order valence-electron chi connectivity index (χ4n) is 2.53. The van der Waals surface area contributed by atoms with Gasteiger partial charge in [0.15, 0.2) is 5.76 Å². The zero-order valence-corrected chi connectivity index (χ0v) is 16.4. The predicted molar refractivity (Wildman–Crippen MR) is 103 cm³/mol. The van der Waals surface area contributed by atoms with E-state index in [2.05, 4.69) is 15.3 Å². The highest BCUT2D eigenvalue weighted by Crippen LogP contribution is 2.22. The van der Waals surface area contributed by atoms with Crippen molar-refractivity contribution < 1.29 is 18.8 Å². The normalized spacial score (nSPS) is 12.0. The average molecular weight is 386 g/mol. The fourth-order valence-corrected chi connectivity index (χ4v) is 2.53. The van der Waals surface area contributed by atoms with E-state index in [4.69, 9.17) is 10.2 Å². The number of hydrogen-bond donors (Lipinski definition) is 2. The average Bonchev–Trinajstić information content (AvgIpc) is 3.07. The molecule has 2 aromatic rings. The minimum Gasteiger partial charge on any atom is -0.431 e. The maximum atomic E-state index is 12.6. The molecule has 2 amide bonds. The molecule has 28 heavy (non-hydrogen) atoms. The monoisotopic (exact) mass is 386 g/mol. The van der Waals surface area contributed by atoms with E-state index in [-0.39, 0.29) is 42.2 Å². The van der Waals surface area contributed by atoms with Gasteiger partial charge < -0.3 is 15.5 Å². The number of nitrogens with zero attached hydrogens (tertiary/aromatic N) is 2. The van der Waals surface area contributed by atoms with E-state index in [1.165, 1.54) is 0 Å². The lowest BCUT2D eigenvalue weighted by molar-refractivity contribution is -0.123. The van der Waals surface area contributed by atoms with Crippen LogP contribution in [0.4, 0.5) is 0 Å². The van der Waals surface area contributed by atoms with Crippen LogP contribution in [0.1, 0.15) is 49.9 Å². The van der Waals surface area contributed by atoms with Crippen molar-refractivity contribution in [3.05, 3.63) is 35.9 Å². The highest BCUT2D eigenvalue weighted by molar-refractivity contribution is 5.98. The molecule has 0 spiro atoms. The van der Waals surface area contributed by atoms with Crippen molar-refractivity contribution in [3.8, 4) is 11.6 Å². The number of carbonyl (C=O) groups is 3. The molecular weight excluding hydrogens is 360 g/mol. The van der Waals surface area contributed by atoms with Gasteiger partial charge in [-0.3, -0.25) is 19.4 Å². The van der Waals surface area contributed by atoms with Crippen LogP contribution < -0.4 is 11.1 Å². The smallest absolute Gasteiger partial charge is 0.246 e. The van der Waals surface area contributed by atoms with Crippen LogP contribution in [0.15, 0.2) is 28.8 Å². The van der Waals surface area contributed by atoms with Crippen molar-refractivity contribution in [3.63, 3.8) is 0 Å². The first-order valence-corrected chi connectivity index (χ1v) is 9.28. The van der Waals surface area contributed by atoms with Gasteiger partial charge in [0, 0.05) is 18.5 Å². The SMILES string of the molecule is CC(C)Cc1nc(-c2ccccn2)oc1C(=O)CNC(=O)CCC(C)C(N)=O. The number of nitrogens with two attached hydrogens (primary N) is 1. The summed E-state index contributed by atoms with van der Waals surface area (Å²) in [6.07, 6.45) is 2.64. The lowest BCUT2D eigenvalue weighted by Crippen LogP contribution is -2.31. The van der Waals surface area contributed by atoms with Gasteiger partial charge in [0.05, 0.1) is 12.2 Å². The third kappa shape index (κ3) is 6.00. The number of carbonyl (C=O) groups excluding carboxylic acids is 3. The zero-order valence-electron chi connectivity index (χ0n) is 16.4. The van der Waals surface area contributed by atoms with Gasteiger partial charge >= 0.3 is 0 Å². The van der Waals surface area contributed by atoms with Crippen molar-refractivity contribution in [2.75, 3.05) is 6.54 Å². The van der Waals surface area contributed by atoms with Gasteiger partial charge in [-0.15, -0.1) is 0 Å². The lowest BCUT2D eigenvalue weighted by atomic mass is 10.0. The van der Waals surface area contributed by atoms with E-state index < -0.39 is 11.8 Å². The molecule has 2 heterocycles. The van der Waals surface area contributed by atoms with Crippen LogP contribution in [0.25, 0.3) is 11.6 Å². The third-order valence-corrected chi connectivity index (χ3v) is 4.17. The third-order valence-electron chi connectivity index (χ3n) is 4.17. The van der Waals surface area contributed by atoms with Crippen LogP contribution in [-0.4, -0.2) is 34.1 Å². The molecule has 8 heteroatoms. The largest absolute Gasteiger partial charge is 0.431 e. The second kappa shape index (κ2) is 9.77. The second-order valence-corrected chi connectivity index (χ2v) is 7.15. The molecule has 0 aliphatic heterocycles. The molecule has 2 rings (SSSR count). The van der Waals surface area contributed by atoms with Crippen molar-refractivity contribution in [2.45, 2.75) is 40.0 Å². The first-order chi connectivity index (χ1) is 13.3. The minimum atomic E-state index is -0.453. The number of hydrogen-bond acceptors (Lipinski definition) is 6. The molecule has 150 valence electrons. The molecule has 2 aromatic heterocycles. The Labute approximate surface area is 163 Å². The molecule has 0 saturated heterocycles. The van der Waals surface area contributed by atoms with Gasteiger partial charge in [0.1, 0.15) is 5.69 Å². The topological polar surface area (TPSA) is 128 Å². The Morgan fingerprint density at radius 1 is 1.21 bits per heavy atom. The van der Waals surface area contributed by atoms with E-state index in [1.54, 1.807) is 25.3 Å². The molecule has 1 atom stereocenters. The summed E-state index contributed by atoms with van der Waals surface area (Å²) in [5.41, 5.74) is 6.27. The molecule has 0 saturated carbocycles. The second-order valence-electron chi connectivity index (χ2n) is 7.15. The molecule has 1 unspecified atom stereocenters. The van der Waals surface area contributed by atoms with Crippen LogP contribution in [0.2, 0.25) is 0 Å². The Bertz CT molecular complexity index is 830. The zero-order chi connectivity index (χ0) is 20.7. The number of oxazole rings is 1. The molecule has 0 fully saturated rings. The molecule has 3 N–H and O–H groups in total. The van der Waals surface area contributed by atoms with Crippen molar-refractivity contribution in [1.82, 2.24) is 15.3 Å². The maximum Gasteiger partial charge on any atom is 0.246 e. The fraction of sp³-hybridized carbons (Fsp3) is 0.450. The van der Waals surface area contributed by atoms with Gasteiger partial charge in [0.25, 0.3) is 0 Å². The molecule has 0 aliphatic rings. The van der Waals surface area contributed by atoms with E-state index in [0.29, 0.717) is 24.2 Å². The van der Waals surface area contributed by atoms with E-state index in [0.717, 1.165) is 0 Å². The highest BCUT2D eigenvalue weighted by atomic mass is 16.4. The predicted octanol–water partition coefficient (Wildman–Crippen LogP) is 2.14. The van der Waals surface area contributed by atoms with Gasteiger partial charge in [-0.25, -0.2) is 4.98 Å². The van der Waals surface area contributed by atoms with E-state index in [1.807, 2.05) is 19.9 Å². The number of primary amides is 1. The Morgan fingerprint density at radius 3 is 2.57 bits per heavy atom. The summed E-state index contributed by atoms with van der Waals surface area (Å²) >= 11 is 0. The van der Waals surface area contributed by atoms with Crippen molar-refractivity contribution >= 4 is 17.6 Å². The Kier molecular flexibility index (Phi) is 7.43. The molecular formula is C20H26N4O4. The number of nitrogens with one attached hydrogen (secondary N) is 1. The lowest BCUT2D eigenvalue weighted by Gasteiger charge is -2.07. The van der Waals surface area contributed by atoms with Crippen LogP contribution in [-0.2, 0) is 16.0 Å². The number of amides is 2. The Hall–Kier alpha value is -3.03. The number of ketones is 1. The summed E-state index contributed by atoms with van der Waals surface area (Å²) in [4.78, 5) is 44.2. The first-order valence-electron chi connectivity index (χ1n) is 9.28. The first kappa shape index (κ1) is 21.3. The van der Waals surface area contributed by atoms with Crippen LogP contribution in [0, 0.1) is 11.8 Å². The number of pyridine rings is 1. The molecule has 0 aromatic carbocycles. The number of aromatic nitrogens is 2. The summed E-state index contributed by atoms with van der Waals surface area (Å²) in [6, 6.07) is 5.34. The van der Waals surface area contributed by atoms with Crippen LogP contribution in [0.5, 0.6) is 0 Å². The molecule has 8 nitrogen and oxygen atoms in total. The quantitative estimate of drug-likeness (QED) is 0.602. The van der Waals surface area contributed by atoms with Crippen LogP contribution >= 0.6 is 0 Å². The Morgan fingerprint density at radius 2 is 1.96 bits per heavy atom. The number of Topliss-reactive ketones (excluding diaryl/α,β-unsaturated/α-hetero) is 1. The van der Waals surface area contributed by atoms with Gasteiger partial charge in [-0.05, 0) is 30.9 Å². The van der Waals surface area contributed by atoms with Gasteiger partial charge in [-0.2, -0.15) is 0 Å². The van der Waals surface area contributed by atoms with Crippen molar-refractivity contribution in [2.24, 2.45) is 17.6 Å². The summed E-state index contributed by atoms with van der Waals surface area (Å²) in [7, 11) is 0. The summed E-state index contributed by atoms with van der Waals surface area (Å²) in [6.45, 7) is 5.49. The van der Waals surface area contributed by atoms with Crippen molar-refractivity contribution in [1.29, 1.82) is 0 Å². The molecule has 0 radical (unpaired) electrons. The summed E-state index contributed by atoms with van der Waals surface area (Å²) in [5, 5.41) is 2.56. The standard InChI is InChI=1S/C20H26N4O4/c1-12(2)10-15-18(28-20(24-15)14-6-4-5-9-22-14)16(25)11-23-17(26)8-7-13(3)19(21)27/h4-6,9,12-13H,7-8,10-11H2,1-3H3,(H2,21,27)(H,23,26). The molecule has 0 bridgehead atoms. The Balaban J connectivity index is 2.06. The summed E-state index contributed by atoms with van der Waals surface area (Å²) < 4.78 is 5.69. The maximum absolute atomic E-state index is 12.6. The van der Waals surface area contributed by atoms with E-state index >= 15 is 0 Å². The number of rotatable bonds is 10. The van der Waals surface area contributed by atoms with E-state index in [9.17, 15) is 14.4 Å².